The van der Waals surface area contributed by atoms with Gasteiger partial charge in [0.05, 0.1) is 5.56 Å². The topological polar surface area (TPSA) is 72.2 Å². The number of benzene rings is 1. The second kappa shape index (κ2) is 4.62. The van der Waals surface area contributed by atoms with Crippen molar-refractivity contribution in [3.8, 4) is 5.69 Å². The predicted molar refractivity (Wildman–Crippen MR) is 73.4 cm³/mol. The maximum atomic E-state index is 10.8. The van der Waals surface area contributed by atoms with E-state index in [1.165, 1.54) is 6.20 Å². The minimum atomic E-state index is -0.956. The second-order valence-corrected chi connectivity index (χ2v) is 4.34. The number of hydrogen-bond donors (Lipinski definition) is 1. The molecule has 2 aromatic heterocycles. The van der Waals surface area contributed by atoms with E-state index in [4.69, 9.17) is 5.11 Å². The molecule has 0 aliphatic rings. The fraction of sp³-hybridized carbons (Fsp3) is 0. The molecule has 5 heteroatoms. The third kappa shape index (κ3) is 1.95. The summed E-state index contributed by atoms with van der Waals surface area (Å²) in [6, 6.07) is 10.2. The Morgan fingerprint density at radius 1 is 1.20 bits per heavy atom. The van der Waals surface area contributed by atoms with E-state index in [9.17, 15) is 9.59 Å². The summed E-state index contributed by atoms with van der Waals surface area (Å²) in [5, 5.41) is 9.74. The van der Waals surface area contributed by atoms with Crippen LogP contribution in [-0.2, 0) is 0 Å². The Labute approximate surface area is 114 Å². The van der Waals surface area contributed by atoms with Crippen molar-refractivity contribution in [3.05, 3.63) is 59.9 Å². The SMILES string of the molecule is O=Cc1cnc2c(ccn2-c2ccc(C(=O)O)cc2)c1. The van der Waals surface area contributed by atoms with E-state index in [1.807, 2.05) is 16.8 Å². The van der Waals surface area contributed by atoms with Crippen molar-refractivity contribution in [2.24, 2.45) is 0 Å². The number of pyridine rings is 1. The molecule has 3 aromatic rings. The molecule has 5 nitrogen and oxygen atoms in total. The Hall–Kier alpha value is -2.95. The van der Waals surface area contributed by atoms with Gasteiger partial charge in [-0.3, -0.25) is 4.79 Å². The molecule has 0 unspecified atom stereocenters. The van der Waals surface area contributed by atoms with Crippen molar-refractivity contribution in [1.29, 1.82) is 0 Å². The van der Waals surface area contributed by atoms with E-state index in [0.29, 0.717) is 5.56 Å². The van der Waals surface area contributed by atoms with Gasteiger partial charge in [0.1, 0.15) is 5.65 Å². The minimum Gasteiger partial charge on any atom is -0.478 e. The highest BCUT2D eigenvalue weighted by molar-refractivity contribution is 5.88. The lowest BCUT2D eigenvalue weighted by Crippen LogP contribution is -1.98. The Morgan fingerprint density at radius 2 is 1.95 bits per heavy atom. The smallest absolute Gasteiger partial charge is 0.335 e. The largest absolute Gasteiger partial charge is 0.478 e. The molecule has 20 heavy (non-hydrogen) atoms. The van der Waals surface area contributed by atoms with Crippen LogP contribution in [0.2, 0.25) is 0 Å². The number of carbonyl (C=O) groups is 2. The van der Waals surface area contributed by atoms with Gasteiger partial charge in [0.25, 0.3) is 0 Å². The summed E-state index contributed by atoms with van der Waals surface area (Å²) in [6.45, 7) is 0. The van der Waals surface area contributed by atoms with Crippen LogP contribution in [0.25, 0.3) is 16.7 Å². The third-order valence-electron chi connectivity index (χ3n) is 3.08. The Kier molecular flexibility index (Phi) is 2.80. The number of carbonyl (C=O) groups excluding carboxylic acids is 1. The van der Waals surface area contributed by atoms with Crippen LogP contribution in [0.4, 0.5) is 0 Å². The summed E-state index contributed by atoms with van der Waals surface area (Å²) < 4.78 is 1.84. The molecule has 0 atom stereocenters. The van der Waals surface area contributed by atoms with Crippen LogP contribution in [0.5, 0.6) is 0 Å². The van der Waals surface area contributed by atoms with E-state index in [1.54, 1.807) is 30.3 Å². The molecule has 2 heterocycles. The average Bonchev–Trinajstić information content (AvgIpc) is 2.90. The average molecular weight is 266 g/mol. The fourth-order valence-corrected chi connectivity index (χ4v) is 2.08. The summed E-state index contributed by atoms with van der Waals surface area (Å²) in [4.78, 5) is 25.8. The van der Waals surface area contributed by atoms with Crippen LogP contribution in [0.3, 0.4) is 0 Å². The summed E-state index contributed by atoms with van der Waals surface area (Å²) >= 11 is 0. The lowest BCUT2D eigenvalue weighted by Gasteiger charge is -2.05. The van der Waals surface area contributed by atoms with Crippen molar-refractivity contribution in [2.75, 3.05) is 0 Å². The number of aldehydes is 1. The van der Waals surface area contributed by atoms with E-state index in [0.717, 1.165) is 23.0 Å². The van der Waals surface area contributed by atoms with Crippen molar-refractivity contribution < 1.29 is 14.7 Å². The fourth-order valence-electron chi connectivity index (χ4n) is 2.08. The van der Waals surface area contributed by atoms with Crippen LogP contribution in [-0.4, -0.2) is 26.9 Å². The van der Waals surface area contributed by atoms with Gasteiger partial charge in [-0.15, -0.1) is 0 Å². The van der Waals surface area contributed by atoms with Gasteiger partial charge in [0.2, 0.25) is 0 Å². The van der Waals surface area contributed by atoms with Crippen molar-refractivity contribution >= 4 is 23.3 Å². The molecule has 0 amide bonds. The normalized spacial score (nSPS) is 10.6. The number of carboxylic acids is 1. The molecule has 0 saturated heterocycles. The maximum absolute atomic E-state index is 10.8. The number of nitrogens with zero attached hydrogens (tertiary/aromatic N) is 2. The molecule has 0 spiro atoms. The highest BCUT2D eigenvalue weighted by Gasteiger charge is 2.07. The van der Waals surface area contributed by atoms with Gasteiger partial charge in [-0.2, -0.15) is 0 Å². The molecule has 0 saturated carbocycles. The number of aromatic carboxylic acids is 1. The van der Waals surface area contributed by atoms with Gasteiger partial charge in [-0.25, -0.2) is 9.78 Å². The van der Waals surface area contributed by atoms with Crippen molar-refractivity contribution in [2.45, 2.75) is 0 Å². The highest BCUT2D eigenvalue weighted by atomic mass is 16.4. The van der Waals surface area contributed by atoms with E-state index in [2.05, 4.69) is 4.98 Å². The number of carboxylic acid groups (broad SMARTS) is 1. The van der Waals surface area contributed by atoms with Gasteiger partial charge in [-0.1, -0.05) is 0 Å². The Morgan fingerprint density at radius 3 is 2.60 bits per heavy atom. The maximum Gasteiger partial charge on any atom is 0.335 e. The zero-order chi connectivity index (χ0) is 14.1. The van der Waals surface area contributed by atoms with Crippen LogP contribution >= 0.6 is 0 Å². The minimum absolute atomic E-state index is 0.237. The number of aromatic nitrogens is 2. The first-order valence-corrected chi connectivity index (χ1v) is 5.95. The lowest BCUT2D eigenvalue weighted by molar-refractivity contribution is 0.0696. The van der Waals surface area contributed by atoms with Crippen molar-refractivity contribution in [1.82, 2.24) is 9.55 Å². The first-order valence-electron chi connectivity index (χ1n) is 5.95. The summed E-state index contributed by atoms with van der Waals surface area (Å²) in [5.41, 5.74) is 2.30. The van der Waals surface area contributed by atoms with Gasteiger partial charge in [0, 0.05) is 29.0 Å². The second-order valence-electron chi connectivity index (χ2n) is 4.34. The molecule has 0 aliphatic heterocycles. The van der Waals surface area contributed by atoms with E-state index >= 15 is 0 Å². The Balaban J connectivity index is 2.10. The monoisotopic (exact) mass is 266 g/mol. The zero-order valence-electron chi connectivity index (χ0n) is 10.4. The molecular weight excluding hydrogens is 256 g/mol. The quantitative estimate of drug-likeness (QED) is 0.739. The summed E-state index contributed by atoms with van der Waals surface area (Å²) in [5.74, 6) is -0.956. The molecular formula is C15H10N2O3. The first kappa shape index (κ1) is 12.1. The lowest BCUT2D eigenvalue weighted by atomic mass is 10.2. The predicted octanol–water partition coefficient (Wildman–Crippen LogP) is 2.54. The molecule has 0 bridgehead atoms. The Bertz CT molecular complexity index is 804. The van der Waals surface area contributed by atoms with Gasteiger partial charge in [0.15, 0.2) is 6.29 Å². The summed E-state index contributed by atoms with van der Waals surface area (Å²) in [7, 11) is 0. The van der Waals surface area contributed by atoms with Crippen LogP contribution in [0.1, 0.15) is 20.7 Å². The molecule has 1 N–H and O–H groups in total. The number of hydrogen-bond acceptors (Lipinski definition) is 3. The number of rotatable bonds is 3. The van der Waals surface area contributed by atoms with Crippen LogP contribution in [0.15, 0.2) is 48.8 Å². The molecule has 0 fully saturated rings. The van der Waals surface area contributed by atoms with Crippen LogP contribution in [0, 0.1) is 0 Å². The molecule has 0 aliphatic carbocycles. The molecule has 3 rings (SSSR count). The summed E-state index contributed by atoms with van der Waals surface area (Å²) in [6.07, 6.45) is 4.10. The van der Waals surface area contributed by atoms with E-state index in [-0.39, 0.29) is 5.56 Å². The highest BCUT2D eigenvalue weighted by Crippen LogP contribution is 2.19. The standard InChI is InChI=1S/C15H10N2O3/c18-9-10-7-12-5-6-17(14(12)16-8-10)13-3-1-11(2-4-13)15(19)20/h1-9H,(H,19,20). The molecule has 98 valence electrons. The van der Waals surface area contributed by atoms with Gasteiger partial charge >= 0.3 is 5.97 Å². The van der Waals surface area contributed by atoms with Gasteiger partial charge in [-0.05, 0) is 36.4 Å². The number of fused-ring (bicyclic) bond motifs is 1. The van der Waals surface area contributed by atoms with Gasteiger partial charge < -0.3 is 9.67 Å². The molecule has 1 aromatic carbocycles. The molecule has 0 radical (unpaired) electrons. The zero-order valence-corrected chi connectivity index (χ0v) is 10.4. The van der Waals surface area contributed by atoms with E-state index < -0.39 is 5.97 Å². The first-order chi connectivity index (χ1) is 9.69. The van der Waals surface area contributed by atoms with Crippen molar-refractivity contribution in [3.63, 3.8) is 0 Å². The van der Waals surface area contributed by atoms with Crippen LogP contribution < -0.4 is 0 Å². The third-order valence-corrected chi connectivity index (χ3v) is 3.08.